The van der Waals surface area contributed by atoms with Crippen LogP contribution in [-0.4, -0.2) is 40.1 Å². The highest BCUT2D eigenvalue weighted by atomic mass is 16.5. The Hall–Kier alpha value is -3.82. The molecule has 1 aromatic heterocycles. The number of hydrogen-bond donors (Lipinski definition) is 3. The molecule has 3 aromatic rings. The number of nitrogens with zero attached hydrogens (tertiary/aromatic N) is 2. The maximum absolute atomic E-state index is 12.3. The van der Waals surface area contributed by atoms with Gasteiger partial charge in [0.15, 0.2) is 5.75 Å². The smallest absolute Gasteiger partial charge is 0.404 e. The average Bonchev–Trinajstić information content (AvgIpc) is 3.02. The molecule has 0 atom stereocenters. The normalized spacial score (nSPS) is 10.9. The minimum absolute atomic E-state index is 0.139. The predicted molar refractivity (Wildman–Crippen MR) is 135 cm³/mol. The summed E-state index contributed by atoms with van der Waals surface area (Å²) < 4.78 is 21.0. The van der Waals surface area contributed by atoms with Gasteiger partial charge in [0.25, 0.3) is 0 Å². The van der Waals surface area contributed by atoms with E-state index in [2.05, 4.69) is 5.32 Å². The number of anilines is 1. The number of ether oxygens (including phenoxy) is 3. The maximum Gasteiger partial charge on any atom is 0.404 e. The number of benzene rings is 2. The van der Waals surface area contributed by atoms with Gasteiger partial charge in [-0.25, -0.2) is 9.59 Å². The van der Waals surface area contributed by atoms with E-state index in [9.17, 15) is 9.59 Å². The first kappa shape index (κ1) is 25.8. The summed E-state index contributed by atoms with van der Waals surface area (Å²) in [4.78, 5) is 22.7. The summed E-state index contributed by atoms with van der Waals surface area (Å²) >= 11 is 0. The van der Waals surface area contributed by atoms with Crippen molar-refractivity contribution >= 4 is 22.8 Å². The molecule has 0 aliphatic carbocycles. The second kappa shape index (κ2) is 12.0. The van der Waals surface area contributed by atoms with Gasteiger partial charge in [-0.15, -0.1) is 0 Å². The summed E-state index contributed by atoms with van der Waals surface area (Å²) in [5.41, 5.74) is 7.96. The number of aromatic nitrogens is 2. The van der Waals surface area contributed by atoms with Gasteiger partial charge in [0, 0.05) is 44.9 Å². The highest BCUT2D eigenvalue weighted by Crippen LogP contribution is 2.35. The fourth-order valence-electron chi connectivity index (χ4n) is 3.71. The summed E-state index contributed by atoms with van der Waals surface area (Å²) in [5.74, 6) is 2.20. The van der Waals surface area contributed by atoms with Crippen molar-refractivity contribution in [2.24, 2.45) is 14.1 Å². The van der Waals surface area contributed by atoms with E-state index >= 15 is 0 Å². The van der Waals surface area contributed by atoms with E-state index in [1.54, 1.807) is 47.5 Å². The summed E-state index contributed by atoms with van der Waals surface area (Å²) in [6, 6.07) is 8.87. The predicted octanol–water partition coefficient (Wildman–Crippen LogP) is 4.25. The largest absolute Gasteiger partial charge is 0.493 e. The lowest BCUT2D eigenvalue weighted by Crippen LogP contribution is -2.21. The van der Waals surface area contributed by atoms with E-state index in [1.165, 1.54) is 0 Å². The average molecular weight is 487 g/mol. The molecule has 2 aromatic carbocycles. The standard InChI is InChI=1S/C25H34N4O6/c1-4-10-33-17-12-18(34-11-8-6-5-7-9-27-24(30)31)14-19(13-17)35-23-16-22-21(15-20(23)26)28(2)25(32)29(22)3/h12-16,27H,4-11,26H2,1-3H3,(H,30,31). The SMILES string of the molecule is CCCOc1cc(OCCCCCCNC(=O)O)cc(Oc2cc3c(cc2N)n(C)c(=O)n3C)c1. The van der Waals surface area contributed by atoms with Crippen LogP contribution in [0.1, 0.15) is 39.0 Å². The highest BCUT2D eigenvalue weighted by molar-refractivity contribution is 5.83. The lowest BCUT2D eigenvalue weighted by molar-refractivity contribution is 0.194. The minimum atomic E-state index is -0.994. The molecular formula is C25H34N4O6. The number of unbranched alkanes of at least 4 members (excludes halogenated alkanes) is 3. The van der Waals surface area contributed by atoms with Gasteiger partial charge in [0.05, 0.1) is 29.9 Å². The zero-order valence-electron chi connectivity index (χ0n) is 20.5. The van der Waals surface area contributed by atoms with Crippen molar-refractivity contribution in [1.82, 2.24) is 14.5 Å². The Labute approximate surface area is 204 Å². The van der Waals surface area contributed by atoms with Crippen LogP contribution < -0.4 is 31.0 Å². The molecule has 4 N–H and O–H groups in total. The lowest BCUT2D eigenvalue weighted by atomic mass is 10.2. The number of amides is 1. The Morgan fingerprint density at radius 3 is 2.17 bits per heavy atom. The first-order chi connectivity index (χ1) is 16.8. The number of fused-ring (bicyclic) bond motifs is 1. The van der Waals surface area contributed by atoms with Gasteiger partial charge in [-0.1, -0.05) is 19.8 Å². The van der Waals surface area contributed by atoms with E-state index < -0.39 is 6.09 Å². The van der Waals surface area contributed by atoms with Gasteiger partial charge in [-0.3, -0.25) is 9.13 Å². The maximum atomic E-state index is 12.3. The second-order valence-corrected chi connectivity index (χ2v) is 8.36. The van der Waals surface area contributed by atoms with Crippen molar-refractivity contribution < 1.29 is 24.1 Å². The zero-order valence-corrected chi connectivity index (χ0v) is 20.5. The first-order valence-corrected chi connectivity index (χ1v) is 11.8. The van der Waals surface area contributed by atoms with Crippen LogP contribution in [0.4, 0.5) is 10.5 Å². The number of carbonyl (C=O) groups is 1. The highest BCUT2D eigenvalue weighted by Gasteiger charge is 2.14. The van der Waals surface area contributed by atoms with Gasteiger partial charge in [0.1, 0.15) is 17.2 Å². The number of nitrogen functional groups attached to an aromatic ring is 1. The van der Waals surface area contributed by atoms with Crippen molar-refractivity contribution in [2.45, 2.75) is 39.0 Å². The van der Waals surface area contributed by atoms with Crippen LogP contribution in [0.5, 0.6) is 23.0 Å². The number of nitrogens with one attached hydrogen (secondary N) is 1. The summed E-state index contributed by atoms with van der Waals surface area (Å²) in [6.07, 6.45) is 3.36. The summed E-state index contributed by atoms with van der Waals surface area (Å²) in [7, 11) is 3.41. The molecule has 0 radical (unpaired) electrons. The Balaban J connectivity index is 1.69. The Morgan fingerprint density at radius 1 is 0.914 bits per heavy atom. The second-order valence-electron chi connectivity index (χ2n) is 8.36. The van der Waals surface area contributed by atoms with Crippen molar-refractivity contribution in [3.8, 4) is 23.0 Å². The molecule has 0 aliphatic heterocycles. The van der Waals surface area contributed by atoms with Crippen LogP contribution in [-0.2, 0) is 14.1 Å². The van der Waals surface area contributed by atoms with E-state index in [-0.39, 0.29) is 5.69 Å². The molecule has 1 amide bonds. The third-order valence-electron chi connectivity index (χ3n) is 5.57. The summed E-state index contributed by atoms with van der Waals surface area (Å²) in [5, 5.41) is 10.9. The van der Waals surface area contributed by atoms with Gasteiger partial charge in [-0.2, -0.15) is 0 Å². The third-order valence-corrected chi connectivity index (χ3v) is 5.57. The van der Waals surface area contributed by atoms with Crippen molar-refractivity contribution in [1.29, 1.82) is 0 Å². The van der Waals surface area contributed by atoms with Crippen molar-refractivity contribution in [2.75, 3.05) is 25.5 Å². The molecule has 3 rings (SSSR count). The Kier molecular flexibility index (Phi) is 8.88. The first-order valence-electron chi connectivity index (χ1n) is 11.8. The summed E-state index contributed by atoms with van der Waals surface area (Å²) in [6.45, 7) is 3.57. The molecule has 190 valence electrons. The van der Waals surface area contributed by atoms with Gasteiger partial charge < -0.3 is 30.4 Å². The topological polar surface area (TPSA) is 130 Å². The van der Waals surface area contributed by atoms with Gasteiger partial charge in [-0.05, 0) is 25.3 Å². The van der Waals surface area contributed by atoms with E-state index in [4.69, 9.17) is 25.1 Å². The molecule has 1 heterocycles. The fourth-order valence-corrected chi connectivity index (χ4v) is 3.71. The van der Waals surface area contributed by atoms with E-state index in [0.29, 0.717) is 48.4 Å². The molecule has 0 aliphatic rings. The van der Waals surface area contributed by atoms with Crippen LogP contribution in [0.15, 0.2) is 35.1 Å². The zero-order chi connectivity index (χ0) is 25.4. The lowest BCUT2D eigenvalue weighted by Gasteiger charge is -2.14. The van der Waals surface area contributed by atoms with Gasteiger partial charge >= 0.3 is 11.8 Å². The molecule has 0 spiro atoms. The van der Waals surface area contributed by atoms with Crippen LogP contribution in [0.2, 0.25) is 0 Å². The molecular weight excluding hydrogens is 452 g/mol. The monoisotopic (exact) mass is 486 g/mol. The van der Waals surface area contributed by atoms with Crippen molar-refractivity contribution in [3.63, 3.8) is 0 Å². The minimum Gasteiger partial charge on any atom is -0.493 e. The number of carboxylic acid groups (broad SMARTS) is 1. The van der Waals surface area contributed by atoms with E-state index in [0.717, 1.165) is 43.1 Å². The number of hydrogen-bond acceptors (Lipinski definition) is 6. The molecule has 10 heteroatoms. The van der Waals surface area contributed by atoms with Crippen LogP contribution in [0.3, 0.4) is 0 Å². The molecule has 0 saturated carbocycles. The van der Waals surface area contributed by atoms with Crippen molar-refractivity contribution in [3.05, 3.63) is 40.8 Å². The molecule has 35 heavy (non-hydrogen) atoms. The molecule has 0 unspecified atom stereocenters. The van der Waals surface area contributed by atoms with E-state index in [1.807, 2.05) is 13.0 Å². The molecule has 0 saturated heterocycles. The molecule has 0 bridgehead atoms. The number of aryl methyl sites for hydroxylation is 2. The van der Waals surface area contributed by atoms with Crippen LogP contribution in [0.25, 0.3) is 11.0 Å². The number of nitrogens with two attached hydrogens (primary N) is 1. The van der Waals surface area contributed by atoms with Crippen LogP contribution in [0, 0.1) is 0 Å². The molecule has 0 fully saturated rings. The Bertz CT molecular complexity index is 1220. The Morgan fingerprint density at radius 2 is 1.51 bits per heavy atom. The third kappa shape index (κ3) is 6.84. The van der Waals surface area contributed by atoms with Crippen LogP contribution >= 0.6 is 0 Å². The number of imidazole rings is 1. The number of rotatable bonds is 13. The fraction of sp³-hybridized carbons (Fsp3) is 0.440. The van der Waals surface area contributed by atoms with Gasteiger partial charge in [0.2, 0.25) is 0 Å². The quantitative estimate of drug-likeness (QED) is 0.243. The molecule has 10 nitrogen and oxygen atoms in total.